The van der Waals surface area contributed by atoms with Gasteiger partial charge >= 0.3 is 0 Å². The predicted octanol–water partition coefficient (Wildman–Crippen LogP) is 4.52. The van der Waals surface area contributed by atoms with Crippen LogP contribution in [0.2, 0.25) is 0 Å². The summed E-state index contributed by atoms with van der Waals surface area (Å²) in [5, 5.41) is 3.06. The lowest BCUT2D eigenvalue weighted by Crippen LogP contribution is -2.38. The predicted molar refractivity (Wildman–Crippen MR) is 112 cm³/mol. The topological polar surface area (TPSA) is 58.6 Å². The van der Waals surface area contributed by atoms with Crippen LogP contribution in [0.25, 0.3) is 0 Å². The summed E-state index contributed by atoms with van der Waals surface area (Å²) >= 11 is 0. The van der Waals surface area contributed by atoms with Gasteiger partial charge in [0.2, 0.25) is 5.91 Å². The summed E-state index contributed by atoms with van der Waals surface area (Å²) in [6.45, 7) is 2.97. The van der Waals surface area contributed by atoms with Gasteiger partial charge < -0.3 is 15.0 Å². The van der Waals surface area contributed by atoms with Crippen LogP contribution in [0.4, 0.5) is 5.69 Å². The molecular formula is C24H28N2O3. The highest BCUT2D eigenvalue weighted by Gasteiger charge is 2.30. The second-order valence-electron chi connectivity index (χ2n) is 7.99. The number of amides is 2. The van der Waals surface area contributed by atoms with E-state index in [4.69, 9.17) is 4.74 Å². The van der Waals surface area contributed by atoms with E-state index in [9.17, 15) is 9.59 Å². The summed E-state index contributed by atoms with van der Waals surface area (Å²) in [6.07, 6.45) is 4.33. The Kier molecular flexibility index (Phi) is 5.84. The molecule has 2 aliphatic rings. The highest BCUT2D eigenvalue weighted by molar-refractivity contribution is 5.93. The summed E-state index contributed by atoms with van der Waals surface area (Å²) in [4.78, 5) is 27.4. The van der Waals surface area contributed by atoms with Crippen molar-refractivity contribution in [3.8, 4) is 5.75 Å². The van der Waals surface area contributed by atoms with Gasteiger partial charge in [0, 0.05) is 30.3 Å². The Morgan fingerprint density at radius 2 is 1.90 bits per heavy atom. The summed E-state index contributed by atoms with van der Waals surface area (Å²) < 4.78 is 6.04. The molecule has 0 bridgehead atoms. The molecule has 5 heteroatoms. The highest BCUT2D eigenvalue weighted by atomic mass is 16.5. The number of benzene rings is 2. The summed E-state index contributed by atoms with van der Waals surface area (Å²) in [6, 6.07) is 15.7. The third kappa shape index (κ3) is 4.44. The average molecular weight is 392 g/mol. The maximum atomic E-state index is 13.0. The highest BCUT2D eigenvalue weighted by Crippen LogP contribution is 2.31. The maximum Gasteiger partial charge on any atom is 0.264 e. The van der Waals surface area contributed by atoms with Crippen LogP contribution in [0.1, 0.15) is 50.2 Å². The van der Waals surface area contributed by atoms with Crippen molar-refractivity contribution in [2.45, 2.75) is 58.2 Å². The lowest BCUT2D eigenvalue weighted by molar-refractivity contribution is -0.139. The standard InChI is InChI=1S/C24H28N2O3/c1-2-21-24(28)26(15-17-8-4-3-5-9-17)16-19-14-20(12-13-22(19)29-21)25-23(27)18-10-6-7-11-18/h3-5,8-9,12-14,18,21H,2,6-7,10-11,15-16H2,1H3,(H,25,27)/t21-/m1/s1. The van der Waals surface area contributed by atoms with Crippen LogP contribution in [0, 0.1) is 5.92 Å². The Labute approximate surface area is 172 Å². The van der Waals surface area contributed by atoms with Crippen molar-refractivity contribution < 1.29 is 14.3 Å². The molecule has 1 fully saturated rings. The molecule has 0 radical (unpaired) electrons. The van der Waals surface area contributed by atoms with Crippen molar-refractivity contribution >= 4 is 17.5 Å². The number of fused-ring (bicyclic) bond motifs is 1. The summed E-state index contributed by atoms with van der Waals surface area (Å²) in [7, 11) is 0. The zero-order valence-electron chi connectivity index (χ0n) is 16.9. The number of carbonyl (C=O) groups is 2. The molecule has 4 rings (SSSR count). The Morgan fingerprint density at radius 3 is 2.62 bits per heavy atom. The normalized spacial score (nSPS) is 19.4. The number of ether oxygens (including phenoxy) is 1. The lowest BCUT2D eigenvalue weighted by atomic mass is 10.1. The van der Waals surface area contributed by atoms with Crippen LogP contribution in [-0.2, 0) is 22.7 Å². The minimum Gasteiger partial charge on any atom is -0.480 e. The van der Waals surface area contributed by atoms with Gasteiger partial charge in [-0.1, -0.05) is 50.1 Å². The van der Waals surface area contributed by atoms with Crippen molar-refractivity contribution in [1.29, 1.82) is 0 Å². The molecule has 1 aliphatic heterocycles. The van der Waals surface area contributed by atoms with Gasteiger partial charge in [-0.15, -0.1) is 0 Å². The number of carbonyl (C=O) groups excluding carboxylic acids is 2. The number of anilines is 1. The fourth-order valence-corrected chi connectivity index (χ4v) is 4.21. The van der Waals surface area contributed by atoms with Crippen LogP contribution in [0.3, 0.4) is 0 Å². The molecule has 5 nitrogen and oxygen atoms in total. The second-order valence-corrected chi connectivity index (χ2v) is 7.99. The molecule has 2 aromatic carbocycles. The van der Waals surface area contributed by atoms with E-state index in [-0.39, 0.29) is 17.7 Å². The minimum absolute atomic E-state index is 0.00379. The van der Waals surface area contributed by atoms with Gasteiger partial charge in [0.1, 0.15) is 5.75 Å². The molecule has 0 unspecified atom stereocenters. The molecule has 1 atom stereocenters. The average Bonchev–Trinajstić information content (AvgIpc) is 3.24. The van der Waals surface area contributed by atoms with Gasteiger partial charge in [-0.3, -0.25) is 9.59 Å². The zero-order chi connectivity index (χ0) is 20.2. The Hall–Kier alpha value is -2.82. The van der Waals surface area contributed by atoms with E-state index >= 15 is 0 Å². The van der Waals surface area contributed by atoms with Crippen molar-refractivity contribution in [1.82, 2.24) is 4.90 Å². The molecule has 0 saturated heterocycles. The summed E-state index contributed by atoms with van der Waals surface area (Å²) in [5.74, 6) is 0.940. The van der Waals surface area contributed by atoms with Gasteiger partial charge in [-0.25, -0.2) is 0 Å². The summed E-state index contributed by atoms with van der Waals surface area (Å²) in [5.41, 5.74) is 2.78. The Bertz CT molecular complexity index is 875. The molecule has 2 aromatic rings. The smallest absolute Gasteiger partial charge is 0.264 e. The molecule has 0 aromatic heterocycles. The van der Waals surface area contributed by atoms with Gasteiger partial charge in [-0.05, 0) is 43.0 Å². The van der Waals surface area contributed by atoms with Crippen LogP contribution >= 0.6 is 0 Å². The number of nitrogens with one attached hydrogen (secondary N) is 1. The van der Waals surface area contributed by atoms with E-state index < -0.39 is 6.10 Å². The molecular weight excluding hydrogens is 364 g/mol. The fourth-order valence-electron chi connectivity index (χ4n) is 4.21. The van der Waals surface area contributed by atoms with Crippen LogP contribution in [0.5, 0.6) is 5.75 Å². The van der Waals surface area contributed by atoms with E-state index in [1.54, 1.807) is 0 Å². The van der Waals surface area contributed by atoms with E-state index in [0.717, 1.165) is 48.2 Å². The molecule has 29 heavy (non-hydrogen) atoms. The molecule has 1 aliphatic carbocycles. The van der Waals surface area contributed by atoms with Gasteiger partial charge in [-0.2, -0.15) is 0 Å². The maximum absolute atomic E-state index is 13.0. The van der Waals surface area contributed by atoms with E-state index in [1.165, 1.54) is 0 Å². The third-order valence-electron chi connectivity index (χ3n) is 5.86. The van der Waals surface area contributed by atoms with Crippen molar-refractivity contribution in [3.05, 3.63) is 59.7 Å². The Morgan fingerprint density at radius 1 is 1.14 bits per heavy atom. The van der Waals surface area contributed by atoms with E-state index in [2.05, 4.69) is 5.32 Å². The number of rotatable bonds is 5. The molecule has 1 heterocycles. The van der Waals surface area contributed by atoms with Crippen molar-refractivity contribution in [2.24, 2.45) is 5.92 Å². The van der Waals surface area contributed by atoms with Gasteiger partial charge in [0.05, 0.1) is 0 Å². The van der Waals surface area contributed by atoms with Crippen LogP contribution in [-0.4, -0.2) is 22.8 Å². The first-order chi connectivity index (χ1) is 14.1. The van der Waals surface area contributed by atoms with Crippen LogP contribution < -0.4 is 10.1 Å². The monoisotopic (exact) mass is 392 g/mol. The van der Waals surface area contributed by atoms with E-state index in [0.29, 0.717) is 19.5 Å². The van der Waals surface area contributed by atoms with Gasteiger partial charge in [0.15, 0.2) is 6.10 Å². The zero-order valence-corrected chi connectivity index (χ0v) is 16.9. The number of nitrogens with zero attached hydrogens (tertiary/aromatic N) is 1. The fraction of sp³-hybridized carbons (Fsp3) is 0.417. The number of hydrogen-bond donors (Lipinski definition) is 1. The first-order valence-corrected chi connectivity index (χ1v) is 10.6. The minimum atomic E-state index is -0.487. The van der Waals surface area contributed by atoms with Crippen LogP contribution in [0.15, 0.2) is 48.5 Å². The first kappa shape index (κ1) is 19.5. The molecule has 2 amide bonds. The van der Waals surface area contributed by atoms with E-state index in [1.807, 2.05) is 60.4 Å². The Balaban J connectivity index is 1.56. The lowest BCUT2D eigenvalue weighted by Gasteiger charge is -2.23. The molecule has 1 saturated carbocycles. The molecule has 1 N–H and O–H groups in total. The first-order valence-electron chi connectivity index (χ1n) is 10.6. The molecule has 152 valence electrons. The largest absolute Gasteiger partial charge is 0.480 e. The number of hydrogen-bond acceptors (Lipinski definition) is 3. The van der Waals surface area contributed by atoms with Crippen molar-refractivity contribution in [2.75, 3.05) is 5.32 Å². The molecule has 0 spiro atoms. The second kappa shape index (κ2) is 8.68. The quantitative estimate of drug-likeness (QED) is 0.814. The SMILES string of the molecule is CC[C@H]1Oc2ccc(NC(=O)C3CCCC3)cc2CN(Cc2ccccc2)C1=O. The third-order valence-corrected chi connectivity index (χ3v) is 5.86. The van der Waals surface area contributed by atoms with Gasteiger partial charge in [0.25, 0.3) is 5.91 Å². The van der Waals surface area contributed by atoms with Crippen molar-refractivity contribution in [3.63, 3.8) is 0 Å².